The average Bonchev–Trinajstić information content (AvgIpc) is 1.83. The van der Waals surface area contributed by atoms with Gasteiger partial charge in [-0.3, -0.25) is 4.79 Å². The second-order valence-corrected chi connectivity index (χ2v) is 1.89. The van der Waals surface area contributed by atoms with Gasteiger partial charge in [0.2, 0.25) is 0 Å². The summed E-state index contributed by atoms with van der Waals surface area (Å²) in [5, 5.41) is 16.5. The van der Waals surface area contributed by atoms with Crippen LogP contribution in [0.5, 0.6) is 0 Å². The number of carbonyl (C=O) groups is 1. The zero-order valence-corrected chi connectivity index (χ0v) is 5.43. The number of carboxylic acids is 1. The third kappa shape index (κ3) is 5.33. The molecule has 0 fully saturated rings. The molecule has 0 aliphatic rings. The summed E-state index contributed by atoms with van der Waals surface area (Å²) < 4.78 is 0. The van der Waals surface area contributed by atoms with Crippen LogP contribution in [-0.4, -0.2) is 22.8 Å². The fourth-order valence-electron chi connectivity index (χ4n) is 0.263. The number of hydrogen-bond donors (Lipinski definition) is 2. The fraction of sp³-hybridized carbons (Fsp3) is 0.400. The van der Waals surface area contributed by atoms with Crippen LogP contribution in [0, 0.1) is 0 Å². The topological polar surface area (TPSA) is 57.5 Å². The van der Waals surface area contributed by atoms with Crippen LogP contribution in [0.15, 0.2) is 11.1 Å². The highest BCUT2D eigenvalue weighted by Gasteiger charge is 1.92. The number of carboxylic acid groups (broad SMARTS) is 1. The maximum atomic E-state index is 9.83. The largest absolute Gasteiger partial charge is 0.481 e. The summed E-state index contributed by atoms with van der Waals surface area (Å²) in [4.78, 5) is 9.83. The molecule has 0 aromatic rings. The summed E-state index contributed by atoms with van der Waals surface area (Å²) in [6, 6.07) is 0. The number of aliphatic hydroxyl groups is 1. The van der Waals surface area contributed by atoms with Crippen LogP contribution in [-0.2, 0) is 4.79 Å². The van der Waals surface area contributed by atoms with Gasteiger partial charge in [0.15, 0.2) is 0 Å². The Bertz CT molecular complexity index is 130. The van der Waals surface area contributed by atoms with Crippen molar-refractivity contribution >= 4 is 17.6 Å². The van der Waals surface area contributed by atoms with Crippen molar-refractivity contribution in [2.45, 2.75) is 6.42 Å². The monoisotopic (exact) mass is 150 g/mol. The molecule has 0 unspecified atom stereocenters. The van der Waals surface area contributed by atoms with Crippen LogP contribution < -0.4 is 0 Å². The van der Waals surface area contributed by atoms with Crippen LogP contribution in [0.2, 0.25) is 0 Å². The Kier molecular flexibility index (Phi) is 4.09. The van der Waals surface area contributed by atoms with E-state index in [1.54, 1.807) is 0 Å². The minimum Gasteiger partial charge on any atom is -0.481 e. The van der Waals surface area contributed by atoms with Crippen molar-refractivity contribution in [3.63, 3.8) is 0 Å². The SMILES string of the molecule is O=C(O)CC=C(Cl)CO. The third-order valence-corrected chi connectivity index (χ3v) is 0.923. The second-order valence-electron chi connectivity index (χ2n) is 1.41. The molecule has 4 heteroatoms. The quantitative estimate of drug-likeness (QED) is 0.619. The van der Waals surface area contributed by atoms with Crippen molar-refractivity contribution in [3.8, 4) is 0 Å². The lowest BCUT2D eigenvalue weighted by Gasteiger charge is -1.87. The van der Waals surface area contributed by atoms with Crippen LogP contribution in [0.1, 0.15) is 6.42 Å². The lowest BCUT2D eigenvalue weighted by Crippen LogP contribution is -1.91. The molecule has 0 bridgehead atoms. The van der Waals surface area contributed by atoms with E-state index in [0.29, 0.717) is 0 Å². The van der Waals surface area contributed by atoms with E-state index < -0.39 is 5.97 Å². The first-order valence-electron chi connectivity index (χ1n) is 2.34. The molecular formula is C5H7ClO3. The molecule has 0 heterocycles. The molecule has 0 aromatic heterocycles. The van der Waals surface area contributed by atoms with Gasteiger partial charge in [0.05, 0.1) is 13.0 Å². The minimum atomic E-state index is -0.957. The molecule has 0 aliphatic carbocycles. The summed E-state index contributed by atoms with van der Waals surface area (Å²) in [7, 11) is 0. The molecule has 52 valence electrons. The second kappa shape index (κ2) is 4.35. The zero-order valence-electron chi connectivity index (χ0n) is 4.67. The third-order valence-electron chi connectivity index (χ3n) is 0.649. The van der Waals surface area contributed by atoms with E-state index in [2.05, 4.69) is 0 Å². The number of aliphatic hydroxyl groups excluding tert-OH is 1. The van der Waals surface area contributed by atoms with Crippen molar-refractivity contribution in [2.24, 2.45) is 0 Å². The fourth-order valence-corrected chi connectivity index (χ4v) is 0.340. The molecule has 0 atom stereocenters. The Morgan fingerprint density at radius 3 is 2.56 bits per heavy atom. The molecular weight excluding hydrogens is 144 g/mol. The van der Waals surface area contributed by atoms with Gasteiger partial charge in [-0.1, -0.05) is 17.7 Å². The summed E-state index contributed by atoms with van der Waals surface area (Å²) in [6.45, 7) is -0.297. The van der Waals surface area contributed by atoms with Gasteiger partial charge in [0, 0.05) is 5.03 Å². The highest BCUT2D eigenvalue weighted by Crippen LogP contribution is 1.99. The maximum absolute atomic E-state index is 9.83. The first-order valence-corrected chi connectivity index (χ1v) is 2.71. The Hall–Kier alpha value is -0.540. The lowest BCUT2D eigenvalue weighted by molar-refractivity contribution is -0.136. The Morgan fingerprint density at radius 2 is 2.22 bits per heavy atom. The van der Waals surface area contributed by atoms with Gasteiger partial charge in [0.1, 0.15) is 0 Å². The van der Waals surface area contributed by atoms with Gasteiger partial charge >= 0.3 is 5.97 Å². The number of rotatable bonds is 3. The van der Waals surface area contributed by atoms with E-state index in [1.165, 1.54) is 6.08 Å². The Morgan fingerprint density at radius 1 is 1.67 bits per heavy atom. The number of halogens is 1. The summed E-state index contributed by atoms with van der Waals surface area (Å²) in [5.41, 5.74) is 0. The maximum Gasteiger partial charge on any atom is 0.307 e. The highest BCUT2D eigenvalue weighted by molar-refractivity contribution is 6.29. The van der Waals surface area contributed by atoms with Crippen LogP contribution in [0.4, 0.5) is 0 Å². The Labute approximate surface area is 57.6 Å². The number of aliphatic carboxylic acids is 1. The van der Waals surface area contributed by atoms with Crippen molar-refractivity contribution < 1.29 is 15.0 Å². The highest BCUT2D eigenvalue weighted by atomic mass is 35.5. The van der Waals surface area contributed by atoms with Gasteiger partial charge in [0.25, 0.3) is 0 Å². The predicted octanol–water partition coefficient (Wildman–Crippen LogP) is 0.576. The number of hydrogen-bond acceptors (Lipinski definition) is 2. The van der Waals surface area contributed by atoms with Gasteiger partial charge in [-0.25, -0.2) is 0 Å². The van der Waals surface area contributed by atoms with Crippen LogP contribution >= 0.6 is 11.6 Å². The molecule has 0 aliphatic heterocycles. The smallest absolute Gasteiger partial charge is 0.307 e. The molecule has 0 spiro atoms. The van der Waals surface area contributed by atoms with Gasteiger partial charge in [-0.05, 0) is 0 Å². The molecule has 0 rings (SSSR count). The lowest BCUT2D eigenvalue weighted by atomic mass is 10.4. The minimum absolute atomic E-state index is 0.139. The van der Waals surface area contributed by atoms with Gasteiger partial charge in [-0.15, -0.1) is 0 Å². The first kappa shape index (κ1) is 8.46. The van der Waals surface area contributed by atoms with Gasteiger partial charge < -0.3 is 10.2 Å². The van der Waals surface area contributed by atoms with Crippen LogP contribution in [0.3, 0.4) is 0 Å². The first-order chi connectivity index (χ1) is 4.16. The normalized spacial score (nSPS) is 11.6. The summed E-state index contributed by atoms with van der Waals surface area (Å²) in [5.74, 6) is -0.957. The van der Waals surface area contributed by atoms with Gasteiger partial charge in [-0.2, -0.15) is 0 Å². The van der Waals surface area contributed by atoms with E-state index >= 15 is 0 Å². The standard InChI is InChI=1S/C5H7ClO3/c6-4(3-7)1-2-5(8)9/h1,7H,2-3H2,(H,8,9). The van der Waals surface area contributed by atoms with Crippen molar-refractivity contribution in [3.05, 3.63) is 11.1 Å². The summed E-state index contributed by atoms with van der Waals surface area (Å²) in [6.07, 6.45) is 1.11. The molecule has 0 saturated carbocycles. The average molecular weight is 151 g/mol. The molecule has 0 amide bonds. The van der Waals surface area contributed by atoms with E-state index in [4.69, 9.17) is 21.8 Å². The summed E-state index contributed by atoms with van der Waals surface area (Å²) >= 11 is 5.26. The van der Waals surface area contributed by atoms with E-state index in [1.807, 2.05) is 0 Å². The molecule has 2 N–H and O–H groups in total. The molecule has 3 nitrogen and oxygen atoms in total. The Balaban J connectivity index is 3.56. The molecule has 0 aromatic carbocycles. The van der Waals surface area contributed by atoms with Crippen molar-refractivity contribution in [1.29, 1.82) is 0 Å². The van der Waals surface area contributed by atoms with Crippen molar-refractivity contribution in [1.82, 2.24) is 0 Å². The molecule has 9 heavy (non-hydrogen) atoms. The van der Waals surface area contributed by atoms with Crippen LogP contribution in [0.25, 0.3) is 0 Å². The van der Waals surface area contributed by atoms with E-state index in [-0.39, 0.29) is 18.1 Å². The molecule has 0 saturated heterocycles. The van der Waals surface area contributed by atoms with E-state index in [0.717, 1.165) is 0 Å². The van der Waals surface area contributed by atoms with Crippen molar-refractivity contribution in [2.75, 3.05) is 6.61 Å². The predicted molar refractivity (Wildman–Crippen MR) is 33.3 cm³/mol. The molecule has 0 radical (unpaired) electrons. The zero-order chi connectivity index (χ0) is 7.28. The van der Waals surface area contributed by atoms with E-state index in [9.17, 15) is 4.79 Å².